The minimum atomic E-state index is -0.729. The number of aromatic hydroxyl groups is 1. The summed E-state index contributed by atoms with van der Waals surface area (Å²) in [5.41, 5.74) is -0.585. The zero-order valence-corrected chi connectivity index (χ0v) is 25.9. The van der Waals surface area contributed by atoms with Gasteiger partial charge in [0.15, 0.2) is 11.4 Å². The second-order valence-electron chi connectivity index (χ2n) is 12.0. The zero-order valence-electron chi connectivity index (χ0n) is 25.1. The van der Waals surface area contributed by atoms with E-state index in [1.165, 1.54) is 22.8 Å². The fourth-order valence-corrected chi connectivity index (χ4v) is 5.49. The molecular formula is C30H34ClFN6O5. The molecule has 1 amide bonds. The molecule has 4 aromatic rings. The molecule has 1 fully saturated rings. The lowest BCUT2D eigenvalue weighted by molar-refractivity contribution is 0.0218. The van der Waals surface area contributed by atoms with E-state index in [2.05, 4.69) is 10.1 Å². The van der Waals surface area contributed by atoms with Crippen LogP contribution in [0.2, 0.25) is 5.02 Å². The molecule has 43 heavy (non-hydrogen) atoms. The van der Waals surface area contributed by atoms with Crippen LogP contribution in [0.15, 0.2) is 33.6 Å². The van der Waals surface area contributed by atoms with Gasteiger partial charge in [-0.3, -0.25) is 0 Å². The molecule has 13 heteroatoms. The summed E-state index contributed by atoms with van der Waals surface area (Å²) in [6.45, 7) is 13.8. The van der Waals surface area contributed by atoms with Gasteiger partial charge in [0.1, 0.15) is 34.4 Å². The van der Waals surface area contributed by atoms with Gasteiger partial charge in [-0.05, 0) is 52.8 Å². The third-order valence-electron chi connectivity index (χ3n) is 7.19. The Labute approximate surface area is 252 Å². The van der Waals surface area contributed by atoms with E-state index in [1.807, 2.05) is 46.4 Å². The standard InChI is InChI=1S/C30H34ClFN6O5/c1-15(2)25-24(17(4)35-43-25)38-27-18(13-19(31)23(33-27)22-20(32)9-8-10-21(22)39)26(34-28(38)40)37-12-11-36(14-16(37)3)29(41)42-30(5,6)7/h8-10,13,15-16,39H,11-12,14H2,1-7H3/t16-/m0/s1. The van der Waals surface area contributed by atoms with Crippen molar-refractivity contribution in [1.82, 2.24) is 24.6 Å². The highest BCUT2D eigenvalue weighted by atomic mass is 35.5. The van der Waals surface area contributed by atoms with Gasteiger partial charge in [-0.1, -0.05) is 36.7 Å². The van der Waals surface area contributed by atoms with Gasteiger partial charge in [0.2, 0.25) is 0 Å². The van der Waals surface area contributed by atoms with E-state index in [9.17, 15) is 14.7 Å². The molecule has 11 nitrogen and oxygen atoms in total. The summed E-state index contributed by atoms with van der Waals surface area (Å²) in [5, 5.41) is 15.1. The summed E-state index contributed by atoms with van der Waals surface area (Å²) >= 11 is 6.71. The third kappa shape index (κ3) is 5.63. The number of hydrogen-bond donors (Lipinski definition) is 1. The van der Waals surface area contributed by atoms with Crippen molar-refractivity contribution >= 4 is 34.5 Å². The molecule has 0 saturated carbocycles. The summed E-state index contributed by atoms with van der Waals surface area (Å²) in [4.78, 5) is 39.4. The highest BCUT2D eigenvalue weighted by Gasteiger charge is 2.33. The Hall–Kier alpha value is -4.19. The molecule has 228 valence electrons. The van der Waals surface area contributed by atoms with Crippen LogP contribution in [0.4, 0.5) is 15.0 Å². The SMILES string of the molecule is Cc1noc(C(C)C)c1-n1c(=O)nc(N2CCN(C(=O)OC(C)(C)C)C[C@@H]2C)c2cc(Cl)c(-c3c(O)cccc3F)nc21. The Balaban J connectivity index is 1.72. The number of piperazine rings is 1. The second-order valence-corrected chi connectivity index (χ2v) is 12.4. The van der Waals surface area contributed by atoms with E-state index in [0.29, 0.717) is 48.0 Å². The number of ether oxygens (including phenoxy) is 1. The molecule has 3 aromatic heterocycles. The van der Waals surface area contributed by atoms with Gasteiger partial charge in [-0.15, -0.1) is 0 Å². The van der Waals surface area contributed by atoms with Gasteiger partial charge in [-0.25, -0.2) is 23.5 Å². The Morgan fingerprint density at radius 1 is 1.23 bits per heavy atom. The van der Waals surface area contributed by atoms with Crippen LogP contribution in [0.3, 0.4) is 0 Å². The first-order valence-electron chi connectivity index (χ1n) is 14.0. The van der Waals surface area contributed by atoms with E-state index in [-0.39, 0.29) is 39.6 Å². The number of phenols is 1. The molecule has 1 N–H and O–H groups in total. The number of nitrogens with zero attached hydrogens (tertiary/aromatic N) is 6. The van der Waals surface area contributed by atoms with Gasteiger partial charge in [-0.2, -0.15) is 4.98 Å². The van der Waals surface area contributed by atoms with E-state index in [1.54, 1.807) is 17.9 Å². The Kier molecular flexibility index (Phi) is 7.84. The Bertz CT molecular complexity index is 1760. The molecule has 5 rings (SSSR count). The first kappa shape index (κ1) is 30.3. The monoisotopic (exact) mass is 612 g/mol. The molecular weight excluding hydrogens is 579 g/mol. The Morgan fingerprint density at radius 2 is 1.95 bits per heavy atom. The van der Waals surface area contributed by atoms with Crippen molar-refractivity contribution < 1.29 is 23.6 Å². The fourth-order valence-electron chi connectivity index (χ4n) is 5.25. The number of aromatic nitrogens is 4. The topological polar surface area (TPSA) is 127 Å². The largest absolute Gasteiger partial charge is 0.507 e. The number of hydrogen-bond acceptors (Lipinski definition) is 9. The number of rotatable bonds is 4. The van der Waals surface area contributed by atoms with Gasteiger partial charge >= 0.3 is 11.8 Å². The molecule has 1 saturated heterocycles. The quantitative estimate of drug-likeness (QED) is 0.304. The van der Waals surface area contributed by atoms with Gasteiger partial charge in [0.25, 0.3) is 0 Å². The lowest BCUT2D eigenvalue weighted by Gasteiger charge is -2.41. The maximum atomic E-state index is 15.0. The predicted octanol–water partition coefficient (Wildman–Crippen LogP) is 5.81. The predicted molar refractivity (Wildman–Crippen MR) is 161 cm³/mol. The number of halogens is 2. The molecule has 1 aliphatic heterocycles. The zero-order chi connectivity index (χ0) is 31.4. The number of pyridine rings is 1. The van der Waals surface area contributed by atoms with Gasteiger partial charge in [0, 0.05) is 31.6 Å². The molecule has 0 unspecified atom stereocenters. The molecule has 4 heterocycles. The van der Waals surface area contributed by atoms with Crippen molar-refractivity contribution in [3.63, 3.8) is 0 Å². The summed E-state index contributed by atoms with van der Waals surface area (Å²) < 4.78 is 27.4. The van der Waals surface area contributed by atoms with Crippen molar-refractivity contribution in [2.75, 3.05) is 24.5 Å². The number of benzene rings is 1. The van der Waals surface area contributed by atoms with Crippen molar-refractivity contribution in [3.8, 4) is 22.7 Å². The van der Waals surface area contributed by atoms with Crippen LogP contribution in [0.25, 0.3) is 28.0 Å². The number of fused-ring (bicyclic) bond motifs is 1. The van der Waals surface area contributed by atoms with E-state index >= 15 is 4.39 Å². The van der Waals surface area contributed by atoms with Crippen molar-refractivity contribution in [1.29, 1.82) is 0 Å². The van der Waals surface area contributed by atoms with E-state index in [0.717, 1.165) is 0 Å². The summed E-state index contributed by atoms with van der Waals surface area (Å²) in [5.74, 6) is -0.463. The van der Waals surface area contributed by atoms with Gasteiger partial charge in [0.05, 0.1) is 21.7 Å². The van der Waals surface area contributed by atoms with Crippen LogP contribution >= 0.6 is 11.6 Å². The number of carbonyl (C=O) groups excluding carboxylic acids is 1. The first-order valence-corrected chi connectivity index (χ1v) is 14.4. The second kappa shape index (κ2) is 11.1. The first-order chi connectivity index (χ1) is 20.2. The lowest BCUT2D eigenvalue weighted by Crippen LogP contribution is -2.55. The summed E-state index contributed by atoms with van der Waals surface area (Å²) in [6, 6.07) is 5.20. The van der Waals surface area contributed by atoms with Crippen molar-refractivity contribution in [2.24, 2.45) is 0 Å². The molecule has 0 bridgehead atoms. The number of carbonyl (C=O) groups is 1. The molecule has 1 aliphatic rings. The molecule has 0 spiro atoms. The molecule has 0 aliphatic carbocycles. The van der Waals surface area contributed by atoms with Crippen LogP contribution in [0.1, 0.15) is 58.9 Å². The average Bonchev–Trinajstić information content (AvgIpc) is 3.29. The molecule has 0 radical (unpaired) electrons. The smallest absolute Gasteiger partial charge is 0.410 e. The van der Waals surface area contributed by atoms with Crippen LogP contribution < -0.4 is 10.6 Å². The highest BCUT2D eigenvalue weighted by molar-refractivity contribution is 6.34. The van der Waals surface area contributed by atoms with Crippen LogP contribution in [0, 0.1) is 12.7 Å². The number of phenolic OH excluding ortho intramolecular Hbond substituents is 1. The third-order valence-corrected chi connectivity index (χ3v) is 7.47. The minimum absolute atomic E-state index is 0.0435. The van der Waals surface area contributed by atoms with Crippen LogP contribution in [0.5, 0.6) is 5.75 Å². The van der Waals surface area contributed by atoms with Crippen molar-refractivity contribution in [3.05, 3.63) is 57.0 Å². The molecule has 1 atom stereocenters. The minimum Gasteiger partial charge on any atom is -0.507 e. The lowest BCUT2D eigenvalue weighted by atomic mass is 10.1. The Morgan fingerprint density at radius 3 is 2.58 bits per heavy atom. The summed E-state index contributed by atoms with van der Waals surface area (Å²) in [6.07, 6.45) is -0.421. The van der Waals surface area contributed by atoms with E-state index in [4.69, 9.17) is 25.8 Å². The average molecular weight is 613 g/mol. The fraction of sp³-hybridized carbons (Fsp3) is 0.433. The van der Waals surface area contributed by atoms with Crippen LogP contribution in [-0.4, -0.2) is 67.1 Å². The van der Waals surface area contributed by atoms with Crippen LogP contribution in [-0.2, 0) is 4.74 Å². The van der Waals surface area contributed by atoms with E-state index < -0.39 is 23.2 Å². The van der Waals surface area contributed by atoms with Gasteiger partial charge < -0.3 is 24.2 Å². The van der Waals surface area contributed by atoms with Crippen molar-refractivity contribution in [2.45, 2.75) is 66.0 Å². The normalized spacial score (nSPS) is 15.9. The highest BCUT2D eigenvalue weighted by Crippen LogP contribution is 2.39. The summed E-state index contributed by atoms with van der Waals surface area (Å²) in [7, 11) is 0. The molecule has 1 aromatic carbocycles. The number of aryl methyl sites for hydroxylation is 1. The number of anilines is 1. The number of amides is 1. The maximum Gasteiger partial charge on any atom is 0.410 e. The maximum absolute atomic E-state index is 15.0.